The summed E-state index contributed by atoms with van der Waals surface area (Å²) in [5.74, 6) is 2.24. The number of aryl methyl sites for hydroxylation is 1. The van der Waals surface area contributed by atoms with Crippen LogP contribution in [0.1, 0.15) is 28.7 Å². The minimum atomic E-state index is -0.133. The van der Waals surface area contributed by atoms with Crippen LogP contribution in [0.3, 0.4) is 0 Å². The van der Waals surface area contributed by atoms with E-state index < -0.39 is 0 Å². The Morgan fingerprint density at radius 3 is 2.57 bits per heavy atom. The van der Waals surface area contributed by atoms with Gasteiger partial charge in [0.05, 0.1) is 20.3 Å². The molecule has 0 saturated heterocycles. The zero-order valence-corrected chi connectivity index (χ0v) is 16.4. The summed E-state index contributed by atoms with van der Waals surface area (Å²) < 4.78 is 16.0. The molecule has 0 aliphatic heterocycles. The van der Waals surface area contributed by atoms with Gasteiger partial charge in [0.15, 0.2) is 0 Å². The van der Waals surface area contributed by atoms with Crippen molar-refractivity contribution in [3.8, 4) is 22.9 Å². The molecule has 1 amide bonds. The van der Waals surface area contributed by atoms with Crippen LogP contribution in [0.15, 0.2) is 47.0 Å². The van der Waals surface area contributed by atoms with Gasteiger partial charge in [0.1, 0.15) is 11.5 Å². The number of benzene rings is 2. The van der Waals surface area contributed by atoms with Gasteiger partial charge in [-0.25, -0.2) is 0 Å². The Hall–Kier alpha value is -3.35. The number of rotatable bonds is 7. The molecule has 0 radical (unpaired) electrons. The quantitative estimate of drug-likeness (QED) is 0.621. The molecule has 0 bridgehead atoms. The van der Waals surface area contributed by atoms with E-state index in [1.165, 1.54) is 4.90 Å². The molecule has 7 heteroatoms. The third kappa shape index (κ3) is 4.31. The first kappa shape index (κ1) is 19.4. The third-order valence-corrected chi connectivity index (χ3v) is 4.25. The molecule has 7 nitrogen and oxygen atoms in total. The Bertz CT molecular complexity index is 951. The van der Waals surface area contributed by atoms with Crippen LogP contribution in [-0.2, 0) is 6.54 Å². The second kappa shape index (κ2) is 8.56. The molecule has 0 fully saturated rings. The van der Waals surface area contributed by atoms with Gasteiger partial charge in [0.2, 0.25) is 11.7 Å². The molecule has 0 aliphatic carbocycles. The van der Waals surface area contributed by atoms with Crippen molar-refractivity contribution in [1.82, 2.24) is 15.0 Å². The van der Waals surface area contributed by atoms with E-state index in [1.807, 2.05) is 38.1 Å². The maximum absolute atomic E-state index is 12.7. The lowest BCUT2D eigenvalue weighted by molar-refractivity contribution is 0.0769. The van der Waals surface area contributed by atoms with Crippen molar-refractivity contribution in [3.05, 3.63) is 59.5 Å². The summed E-state index contributed by atoms with van der Waals surface area (Å²) in [4.78, 5) is 18.6. The third-order valence-electron chi connectivity index (χ3n) is 4.25. The number of methoxy groups -OCH3 is 1. The number of hydrogen-bond donors (Lipinski definition) is 0. The Kier molecular flexibility index (Phi) is 5.93. The van der Waals surface area contributed by atoms with E-state index in [0.29, 0.717) is 23.9 Å². The van der Waals surface area contributed by atoms with E-state index in [2.05, 4.69) is 10.1 Å². The molecule has 0 saturated carbocycles. The summed E-state index contributed by atoms with van der Waals surface area (Å²) in [7, 11) is 3.30. The molecule has 1 aromatic heterocycles. The summed E-state index contributed by atoms with van der Waals surface area (Å²) in [6, 6.07) is 12.8. The number of ether oxygens (including phenoxy) is 2. The van der Waals surface area contributed by atoms with Gasteiger partial charge in [-0.3, -0.25) is 4.79 Å². The Morgan fingerprint density at radius 2 is 1.93 bits per heavy atom. The summed E-state index contributed by atoms with van der Waals surface area (Å²) >= 11 is 0. The first-order chi connectivity index (χ1) is 13.5. The van der Waals surface area contributed by atoms with Gasteiger partial charge >= 0.3 is 0 Å². The molecule has 0 aliphatic rings. The molecule has 0 atom stereocenters. The number of carbonyl (C=O) groups excluding carboxylic acids is 1. The van der Waals surface area contributed by atoms with Crippen LogP contribution in [-0.4, -0.2) is 41.7 Å². The van der Waals surface area contributed by atoms with Crippen molar-refractivity contribution in [2.24, 2.45) is 0 Å². The maximum atomic E-state index is 12.7. The average Bonchev–Trinajstić information content (AvgIpc) is 3.16. The lowest BCUT2D eigenvalue weighted by atomic mass is 10.1. The smallest absolute Gasteiger partial charge is 0.254 e. The van der Waals surface area contributed by atoms with Crippen molar-refractivity contribution >= 4 is 5.91 Å². The summed E-state index contributed by atoms with van der Waals surface area (Å²) in [5, 5.41) is 4.00. The van der Waals surface area contributed by atoms with E-state index in [9.17, 15) is 4.79 Å². The molecule has 146 valence electrons. The zero-order chi connectivity index (χ0) is 20.1. The zero-order valence-electron chi connectivity index (χ0n) is 16.4. The Labute approximate surface area is 163 Å². The average molecular weight is 381 g/mol. The number of aromatic nitrogens is 2. The fourth-order valence-electron chi connectivity index (χ4n) is 2.81. The summed E-state index contributed by atoms with van der Waals surface area (Å²) in [6.07, 6.45) is 0. The number of hydrogen-bond acceptors (Lipinski definition) is 6. The van der Waals surface area contributed by atoms with Gasteiger partial charge in [-0.2, -0.15) is 4.98 Å². The lowest BCUT2D eigenvalue weighted by Gasteiger charge is -2.15. The van der Waals surface area contributed by atoms with E-state index >= 15 is 0 Å². The monoisotopic (exact) mass is 381 g/mol. The minimum Gasteiger partial charge on any atom is -0.496 e. The maximum Gasteiger partial charge on any atom is 0.254 e. The van der Waals surface area contributed by atoms with Crippen LogP contribution in [0.2, 0.25) is 0 Å². The highest BCUT2D eigenvalue weighted by molar-refractivity contribution is 5.94. The Balaban J connectivity index is 1.68. The van der Waals surface area contributed by atoms with Crippen molar-refractivity contribution in [2.45, 2.75) is 20.4 Å². The number of amides is 1. The van der Waals surface area contributed by atoms with Crippen molar-refractivity contribution < 1.29 is 18.8 Å². The first-order valence-electron chi connectivity index (χ1n) is 8.97. The van der Waals surface area contributed by atoms with Crippen molar-refractivity contribution in [3.63, 3.8) is 0 Å². The standard InChI is InChI=1S/C21H23N3O4/c1-5-27-17-9-6-15(7-10-17)20-22-19(28-23-20)13-24(3)21(25)16-8-11-18(26-4)14(2)12-16/h6-12H,5,13H2,1-4H3. The molecule has 1 heterocycles. The van der Waals surface area contributed by atoms with E-state index in [-0.39, 0.29) is 12.5 Å². The summed E-state index contributed by atoms with van der Waals surface area (Å²) in [5.41, 5.74) is 2.29. The molecular formula is C21H23N3O4. The van der Waals surface area contributed by atoms with E-state index in [1.54, 1.807) is 32.4 Å². The van der Waals surface area contributed by atoms with Crippen LogP contribution >= 0.6 is 0 Å². The second-order valence-corrected chi connectivity index (χ2v) is 6.31. The predicted molar refractivity (Wildman–Crippen MR) is 104 cm³/mol. The van der Waals surface area contributed by atoms with Gasteiger partial charge in [-0.05, 0) is 61.9 Å². The topological polar surface area (TPSA) is 77.7 Å². The van der Waals surface area contributed by atoms with E-state index in [4.69, 9.17) is 14.0 Å². The normalized spacial score (nSPS) is 10.6. The van der Waals surface area contributed by atoms with Crippen LogP contribution in [0, 0.1) is 6.92 Å². The molecule has 0 spiro atoms. The van der Waals surface area contributed by atoms with Gasteiger partial charge in [0.25, 0.3) is 5.91 Å². The second-order valence-electron chi connectivity index (χ2n) is 6.31. The number of carbonyl (C=O) groups is 1. The fourth-order valence-corrected chi connectivity index (χ4v) is 2.81. The molecule has 3 rings (SSSR count). The SMILES string of the molecule is CCOc1ccc(-c2noc(CN(C)C(=O)c3ccc(OC)c(C)c3)n2)cc1. The van der Waals surface area contributed by atoms with Crippen LogP contribution in [0.4, 0.5) is 0 Å². The molecule has 0 unspecified atom stereocenters. The highest BCUT2D eigenvalue weighted by Crippen LogP contribution is 2.22. The van der Waals surface area contributed by atoms with Crippen LogP contribution in [0.5, 0.6) is 11.5 Å². The van der Waals surface area contributed by atoms with Crippen molar-refractivity contribution in [2.75, 3.05) is 20.8 Å². The van der Waals surface area contributed by atoms with Gasteiger partial charge < -0.3 is 18.9 Å². The number of nitrogens with zero attached hydrogens (tertiary/aromatic N) is 3. The van der Waals surface area contributed by atoms with Gasteiger partial charge in [-0.15, -0.1) is 0 Å². The molecular weight excluding hydrogens is 358 g/mol. The largest absolute Gasteiger partial charge is 0.496 e. The molecule has 28 heavy (non-hydrogen) atoms. The lowest BCUT2D eigenvalue weighted by Crippen LogP contribution is -2.26. The minimum absolute atomic E-state index is 0.133. The molecule has 3 aromatic rings. The molecule has 0 N–H and O–H groups in total. The van der Waals surface area contributed by atoms with Gasteiger partial charge in [0, 0.05) is 18.2 Å². The van der Waals surface area contributed by atoms with Gasteiger partial charge in [-0.1, -0.05) is 5.16 Å². The first-order valence-corrected chi connectivity index (χ1v) is 8.97. The summed E-state index contributed by atoms with van der Waals surface area (Å²) in [6.45, 7) is 4.66. The highest BCUT2D eigenvalue weighted by atomic mass is 16.5. The Morgan fingerprint density at radius 1 is 1.18 bits per heavy atom. The van der Waals surface area contributed by atoms with Crippen molar-refractivity contribution in [1.29, 1.82) is 0 Å². The van der Waals surface area contributed by atoms with Crippen LogP contribution in [0.25, 0.3) is 11.4 Å². The van der Waals surface area contributed by atoms with Crippen LogP contribution < -0.4 is 9.47 Å². The van der Waals surface area contributed by atoms with E-state index in [0.717, 1.165) is 22.6 Å². The highest BCUT2D eigenvalue weighted by Gasteiger charge is 2.17. The predicted octanol–water partition coefficient (Wildman–Crippen LogP) is 3.72. The fraction of sp³-hybridized carbons (Fsp3) is 0.286. The molecule has 2 aromatic carbocycles.